The highest BCUT2D eigenvalue weighted by molar-refractivity contribution is 9.10. The Morgan fingerprint density at radius 1 is 1.43 bits per heavy atom. The van der Waals surface area contributed by atoms with Crippen molar-refractivity contribution >= 4 is 15.9 Å². The van der Waals surface area contributed by atoms with Gasteiger partial charge < -0.3 is 5.11 Å². The second kappa shape index (κ2) is 4.65. The van der Waals surface area contributed by atoms with E-state index in [1.165, 1.54) is 5.57 Å². The molecule has 1 nitrogen and oxygen atoms in total. The molecule has 76 valence electrons. The van der Waals surface area contributed by atoms with E-state index in [0.29, 0.717) is 5.75 Å². The van der Waals surface area contributed by atoms with Gasteiger partial charge in [0.25, 0.3) is 0 Å². The molecule has 0 saturated carbocycles. The highest BCUT2D eigenvalue weighted by Crippen LogP contribution is 2.29. The van der Waals surface area contributed by atoms with Crippen LogP contribution in [0.15, 0.2) is 28.3 Å². The van der Waals surface area contributed by atoms with E-state index in [4.69, 9.17) is 0 Å². The van der Waals surface area contributed by atoms with Crippen molar-refractivity contribution in [3.05, 3.63) is 39.4 Å². The number of phenolic OH excluding ortho intramolecular Hbond substituents is 1. The molecule has 0 unspecified atom stereocenters. The Kier molecular flexibility index (Phi) is 3.76. The summed E-state index contributed by atoms with van der Waals surface area (Å²) in [5, 5.41) is 9.76. The molecule has 0 fully saturated rings. The molecule has 0 aromatic heterocycles. The molecular formula is C12H15BrO. The highest BCUT2D eigenvalue weighted by Gasteiger charge is 2.04. The topological polar surface area (TPSA) is 20.2 Å². The van der Waals surface area contributed by atoms with Gasteiger partial charge in [-0.3, -0.25) is 0 Å². The van der Waals surface area contributed by atoms with Crippen LogP contribution in [0.5, 0.6) is 5.75 Å². The fourth-order valence-electron chi connectivity index (χ4n) is 1.28. The van der Waals surface area contributed by atoms with Crippen LogP contribution in [0.2, 0.25) is 0 Å². The number of allylic oxidation sites excluding steroid dienone is 2. The van der Waals surface area contributed by atoms with E-state index < -0.39 is 0 Å². The highest BCUT2D eigenvalue weighted by atomic mass is 79.9. The molecule has 2 heteroatoms. The minimum atomic E-state index is 0.355. The van der Waals surface area contributed by atoms with E-state index in [-0.39, 0.29) is 0 Å². The minimum Gasteiger partial charge on any atom is -0.506 e. The van der Waals surface area contributed by atoms with E-state index in [1.807, 2.05) is 19.1 Å². The molecule has 0 aliphatic heterocycles. The van der Waals surface area contributed by atoms with Crippen LogP contribution in [0.4, 0.5) is 0 Å². The van der Waals surface area contributed by atoms with E-state index >= 15 is 0 Å². The van der Waals surface area contributed by atoms with Gasteiger partial charge in [0.1, 0.15) is 5.75 Å². The number of rotatable bonds is 2. The molecule has 14 heavy (non-hydrogen) atoms. The third-order valence-corrected chi connectivity index (χ3v) is 2.62. The van der Waals surface area contributed by atoms with Crippen LogP contribution >= 0.6 is 15.9 Å². The van der Waals surface area contributed by atoms with Crippen molar-refractivity contribution in [1.82, 2.24) is 0 Å². The average Bonchev–Trinajstić information content (AvgIpc) is 2.08. The van der Waals surface area contributed by atoms with Gasteiger partial charge in [-0.1, -0.05) is 17.7 Å². The number of phenols is 1. The molecule has 0 bridgehead atoms. The van der Waals surface area contributed by atoms with Crippen molar-refractivity contribution in [1.29, 1.82) is 0 Å². The van der Waals surface area contributed by atoms with Crippen molar-refractivity contribution in [2.75, 3.05) is 0 Å². The zero-order chi connectivity index (χ0) is 10.7. The maximum atomic E-state index is 9.76. The van der Waals surface area contributed by atoms with Gasteiger partial charge in [-0.15, -0.1) is 0 Å². The van der Waals surface area contributed by atoms with Gasteiger partial charge in [0.05, 0.1) is 4.47 Å². The van der Waals surface area contributed by atoms with Crippen LogP contribution in [-0.4, -0.2) is 5.11 Å². The number of halogens is 1. The summed E-state index contributed by atoms with van der Waals surface area (Å²) in [5.41, 5.74) is 3.40. The first-order valence-electron chi connectivity index (χ1n) is 4.62. The lowest BCUT2D eigenvalue weighted by Crippen LogP contribution is -1.86. The summed E-state index contributed by atoms with van der Waals surface area (Å²) in [6.45, 7) is 6.14. The SMILES string of the molecule is CC(C)=CCc1cc(C)cc(Br)c1O. The molecular weight excluding hydrogens is 240 g/mol. The third-order valence-electron chi connectivity index (χ3n) is 2.02. The molecule has 0 heterocycles. The van der Waals surface area contributed by atoms with E-state index in [9.17, 15) is 5.11 Å². The van der Waals surface area contributed by atoms with E-state index in [0.717, 1.165) is 22.0 Å². The van der Waals surface area contributed by atoms with Crippen molar-refractivity contribution in [3.63, 3.8) is 0 Å². The molecule has 0 aliphatic carbocycles. The number of benzene rings is 1. The molecule has 0 amide bonds. The molecule has 0 radical (unpaired) electrons. The Morgan fingerprint density at radius 2 is 2.07 bits per heavy atom. The summed E-state index contributed by atoms with van der Waals surface area (Å²) in [7, 11) is 0. The third kappa shape index (κ3) is 2.88. The number of hydrogen-bond acceptors (Lipinski definition) is 1. The summed E-state index contributed by atoms with van der Waals surface area (Å²) in [6.07, 6.45) is 2.90. The molecule has 1 N–H and O–H groups in total. The zero-order valence-electron chi connectivity index (χ0n) is 8.76. The lowest BCUT2D eigenvalue weighted by molar-refractivity contribution is 0.466. The monoisotopic (exact) mass is 254 g/mol. The predicted molar refractivity (Wildman–Crippen MR) is 63.7 cm³/mol. The Labute approximate surface area is 93.6 Å². The molecule has 0 spiro atoms. The summed E-state index contributed by atoms with van der Waals surface area (Å²) in [4.78, 5) is 0. The van der Waals surface area contributed by atoms with E-state index in [2.05, 4.69) is 35.9 Å². The molecule has 1 rings (SSSR count). The molecule has 1 aromatic rings. The van der Waals surface area contributed by atoms with Crippen LogP contribution in [0.25, 0.3) is 0 Å². The fourth-order valence-corrected chi connectivity index (χ4v) is 1.89. The minimum absolute atomic E-state index is 0.355. The normalized spacial score (nSPS) is 10.0. The second-order valence-electron chi connectivity index (χ2n) is 3.74. The first kappa shape index (κ1) is 11.3. The molecule has 0 atom stereocenters. The molecule has 1 aromatic carbocycles. The van der Waals surface area contributed by atoms with Crippen LogP contribution in [0.1, 0.15) is 25.0 Å². The lowest BCUT2D eigenvalue weighted by atomic mass is 10.1. The van der Waals surface area contributed by atoms with Gasteiger partial charge in [0.15, 0.2) is 0 Å². The smallest absolute Gasteiger partial charge is 0.133 e. The van der Waals surface area contributed by atoms with Crippen LogP contribution in [0, 0.1) is 6.92 Å². The lowest BCUT2D eigenvalue weighted by Gasteiger charge is -2.06. The second-order valence-corrected chi connectivity index (χ2v) is 4.59. The fraction of sp³-hybridized carbons (Fsp3) is 0.333. The van der Waals surface area contributed by atoms with Gasteiger partial charge in [-0.05, 0) is 60.3 Å². The van der Waals surface area contributed by atoms with Gasteiger partial charge in [0, 0.05) is 0 Å². The Bertz CT molecular complexity index is 363. The van der Waals surface area contributed by atoms with Crippen LogP contribution < -0.4 is 0 Å². The Balaban J connectivity index is 3.02. The maximum absolute atomic E-state index is 9.76. The zero-order valence-corrected chi connectivity index (χ0v) is 10.4. The summed E-state index contributed by atoms with van der Waals surface area (Å²) in [5.74, 6) is 0.355. The van der Waals surface area contributed by atoms with Crippen molar-refractivity contribution < 1.29 is 5.11 Å². The number of aromatic hydroxyl groups is 1. The predicted octanol–water partition coefficient (Wildman–Crippen LogP) is 3.97. The number of aryl methyl sites for hydroxylation is 1. The van der Waals surface area contributed by atoms with Crippen LogP contribution in [0.3, 0.4) is 0 Å². The van der Waals surface area contributed by atoms with Crippen LogP contribution in [-0.2, 0) is 6.42 Å². The van der Waals surface area contributed by atoms with Gasteiger partial charge in [0.2, 0.25) is 0 Å². The Morgan fingerprint density at radius 3 is 2.64 bits per heavy atom. The first-order valence-corrected chi connectivity index (χ1v) is 5.41. The maximum Gasteiger partial charge on any atom is 0.133 e. The van der Waals surface area contributed by atoms with Gasteiger partial charge >= 0.3 is 0 Å². The largest absolute Gasteiger partial charge is 0.506 e. The number of hydrogen-bond donors (Lipinski definition) is 1. The summed E-state index contributed by atoms with van der Waals surface area (Å²) in [6, 6.07) is 3.93. The van der Waals surface area contributed by atoms with Gasteiger partial charge in [-0.2, -0.15) is 0 Å². The summed E-state index contributed by atoms with van der Waals surface area (Å²) >= 11 is 3.33. The van der Waals surface area contributed by atoms with Gasteiger partial charge in [-0.25, -0.2) is 0 Å². The van der Waals surface area contributed by atoms with Crippen molar-refractivity contribution in [2.45, 2.75) is 27.2 Å². The van der Waals surface area contributed by atoms with Crippen molar-refractivity contribution in [2.24, 2.45) is 0 Å². The Hall–Kier alpha value is -0.760. The quantitative estimate of drug-likeness (QED) is 0.792. The van der Waals surface area contributed by atoms with Crippen molar-refractivity contribution in [3.8, 4) is 5.75 Å². The molecule has 0 aliphatic rings. The molecule has 0 saturated heterocycles. The standard InChI is InChI=1S/C12H15BrO/c1-8(2)4-5-10-6-9(3)7-11(13)12(10)14/h4,6-7,14H,5H2,1-3H3. The summed E-state index contributed by atoms with van der Waals surface area (Å²) < 4.78 is 0.773. The average molecular weight is 255 g/mol. The first-order chi connectivity index (χ1) is 6.50. The van der Waals surface area contributed by atoms with E-state index in [1.54, 1.807) is 0 Å².